The van der Waals surface area contributed by atoms with E-state index in [1.165, 1.54) is 42.6 Å². The molecule has 0 aliphatic carbocycles. The third kappa shape index (κ3) is 3.99. The Labute approximate surface area is 124 Å². The Hall–Kier alpha value is -1.02. The summed E-state index contributed by atoms with van der Waals surface area (Å²) in [7, 11) is 0. The molecule has 0 saturated carbocycles. The Kier molecular flexibility index (Phi) is 5.47. The van der Waals surface area contributed by atoms with Gasteiger partial charge >= 0.3 is 0 Å². The summed E-state index contributed by atoms with van der Waals surface area (Å²) in [6, 6.07) is 7.60. The lowest BCUT2D eigenvalue weighted by atomic mass is 10.00. The molecule has 1 saturated heterocycles. The van der Waals surface area contributed by atoms with E-state index in [1.807, 2.05) is 0 Å². The van der Waals surface area contributed by atoms with E-state index in [1.54, 1.807) is 0 Å². The second kappa shape index (κ2) is 7.12. The first-order valence-electron chi connectivity index (χ1n) is 8.15. The number of rotatable bonds is 5. The van der Waals surface area contributed by atoms with Gasteiger partial charge in [0.15, 0.2) is 0 Å². The van der Waals surface area contributed by atoms with Crippen LogP contribution in [0.15, 0.2) is 18.2 Å². The second-order valence-electron chi connectivity index (χ2n) is 6.70. The van der Waals surface area contributed by atoms with Gasteiger partial charge in [-0.2, -0.15) is 0 Å². The first kappa shape index (κ1) is 15.4. The molecule has 0 radical (unpaired) electrons. The summed E-state index contributed by atoms with van der Waals surface area (Å²) in [6.45, 7) is 12.4. The van der Waals surface area contributed by atoms with Gasteiger partial charge in [-0.05, 0) is 57.2 Å². The van der Waals surface area contributed by atoms with Crippen molar-refractivity contribution < 1.29 is 0 Å². The predicted molar refractivity (Wildman–Crippen MR) is 88.4 cm³/mol. The van der Waals surface area contributed by atoms with Crippen molar-refractivity contribution in [2.75, 3.05) is 18.0 Å². The van der Waals surface area contributed by atoms with Crippen LogP contribution in [0.1, 0.15) is 51.2 Å². The minimum atomic E-state index is 0.676. The van der Waals surface area contributed by atoms with Crippen LogP contribution in [0.5, 0.6) is 0 Å². The topological polar surface area (TPSA) is 15.3 Å². The molecule has 1 aliphatic rings. The summed E-state index contributed by atoms with van der Waals surface area (Å²) in [6.07, 6.45) is 4.04. The average Bonchev–Trinajstić information content (AvgIpc) is 2.40. The zero-order valence-corrected chi connectivity index (χ0v) is 13.6. The number of benzene rings is 1. The van der Waals surface area contributed by atoms with Gasteiger partial charge in [0.25, 0.3) is 0 Å². The minimum absolute atomic E-state index is 0.676. The zero-order chi connectivity index (χ0) is 14.5. The molecule has 2 heteroatoms. The van der Waals surface area contributed by atoms with Crippen molar-refractivity contribution in [3.63, 3.8) is 0 Å². The number of hydrogen-bond acceptors (Lipinski definition) is 2. The fraction of sp³-hybridized carbons (Fsp3) is 0.667. The van der Waals surface area contributed by atoms with Gasteiger partial charge in [-0.15, -0.1) is 0 Å². The highest BCUT2D eigenvalue weighted by atomic mass is 15.2. The summed E-state index contributed by atoms with van der Waals surface area (Å²) in [4.78, 5) is 2.61. The lowest BCUT2D eigenvalue weighted by Crippen LogP contribution is -2.38. The maximum Gasteiger partial charge on any atom is 0.0414 e. The maximum absolute atomic E-state index is 3.60. The molecule has 1 heterocycles. The largest absolute Gasteiger partial charge is 0.369 e. The molecule has 1 fully saturated rings. The lowest BCUT2D eigenvalue weighted by Gasteiger charge is -2.37. The lowest BCUT2D eigenvalue weighted by molar-refractivity contribution is 0.482. The summed E-state index contributed by atoms with van der Waals surface area (Å²) in [5.74, 6) is 0.706. The number of nitrogens with one attached hydrogen (secondary N) is 1. The predicted octanol–water partition coefficient (Wildman–Crippen LogP) is 4.12. The van der Waals surface area contributed by atoms with Crippen LogP contribution in [-0.4, -0.2) is 19.1 Å². The molecule has 1 aromatic carbocycles. The molecule has 1 unspecified atom stereocenters. The van der Waals surface area contributed by atoms with Crippen LogP contribution in [0.2, 0.25) is 0 Å². The van der Waals surface area contributed by atoms with Gasteiger partial charge in [-0.1, -0.05) is 31.5 Å². The van der Waals surface area contributed by atoms with Gasteiger partial charge in [-0.25, -0.2) is 0 Å². The van der Waals surface area contributed by atoms with Crippen LogP contribution in [0.3, 0.4) is 0 Å². The fourth-order valence-electron chi connectivity index (χ4n) is 3.09. The molecule has 0 spiro atoms. The van der Waals surface area contributed by atoms with E-state index in [4.69, 9.17) is 0 Å². The van der Waals surface area contributed by atoms with Crippen molar-refractivity contribution in [2.45, 2.75) is 59.5 Å². The Morgan fingerprint density at radius 1 is 1.30 bits per heavy atom. The van der Waals surface area contributed by atoms with Crippen LogP contribution in [0.25, 0.3) is 0 Å². The average molecular weight is 274 g/mol. The zero-order valence-electron chi connectivity index (χ0n) is 13.6. The summed E-state index contributed by atoms with van der Waals surface area (Å²) in [5, 5.41) is 3.60. The first-order valence-corrected chi connectivity index (χ1v) is 8.15. The Bertz CT molecular complexity index is 425. The van der Waals surface area contributed by atoms with Crippen molar-refractivity contribution in [2.24, 2.45) is 5.92 Å². The van der Waals surface area contributed by atoms with E-state index < -0.39 is 0 Å². The van der Waals surface area contributed by atoms with Crippen molar-refractivity contribution in [1.82, 2.24) is 5.32 Å². The Morgan fingerprint density at radius 3 is 2.80 bits per heavy atom. The molecule has 2 rings (SSSR count). The molecular formula is C18H30N2. The van der Waals surface area contributed by atoms with Gasteiger partial charge in [0.2, 0.25) is 0 Å². The van der Waals surface area contributed by atoms with Crippen molar-refractivity contribution in [1.29, 1.82) is 0 Å². The SMILES string of the molecule is Cc1ccc(N2CCCCC2C)c(CNCC(C)C)c1. The molecule has 1 aromatic rings. The summed E-state index contributed by atoms with van der Waals surface area (Å²) in [5.41, 5.74) is 4.26. The smallest absolute Gasteiger partial charge is 0.0414 e. The highest BCUT2D eigenvalue weighted by Crippen LogP contribution is 2.28. The Morgan fingerprint density at radius 2 is 2.10 bits per heavy atom. The van der Waals surface area contributed by atoms with E-state index in [2.05, 4.69) is 56.1 Å². The summed E-state index contributed by atoms with van der Waals surface area (Å²) < 4.78 is 0. The normalized spacial score (nSPS) is 19.6. The molecule has 2 nitrogen and oxygen atoms in total. The third-order valence-corrected chi connectivity index (χ3v) is 4.22. The van der Waals surface area contributed by atoms with Crippen LogP contribution in [-0.2, 0) is 6.54 Å². The molecule has 0 aromatic heterocycles. The first-order chi connectivity index (χ1) is 9.58. The van der Waals surface area contributed by atoms with Crippen LogP contribution in [0, 0.1) is 12.8 Å². The minimum Gasteiger partial charge on any atom is -0.369 e. The monoisotopic (exact) mass is 274 g/mol. The van der Waals surface area contributed by atoms with Crippen molar-refractivity contribution in [3.8, 4) is 0 Å². The fourth-order valence-corrected chi connectivity index (χ4v) is 3.09. The van der Waals surface area contributed by atoms with E-state index >= 15 is 0 Å². The number of anilines is 1. The highest BCUT2D eigenvalue weighted by molar-refractivity contribution is 5.56. The molecule has 1 aliphatic heterocycles. The number of aryl methyl sites for hydroxylation is 1. The van der Waals surface area contributed by atoms with E-state index in [9.17, 15) is 0 Å². The van der Waals surface area contributed by atoms with Crippen molar-refractivity contribution >= 4 is 5.69 Å². The molecule has 20 heavy (non-hydrogen) atoms. The van der Waals surface area contributed by atoms with Crippen LogP contribution >= 0.6 is 0 Å². The molecule has 1 atom stereocenters. The van der Waals surface area contributed by atoms with Gasteiger partial charge < -0.3 is 10.2 Å². The van der Waals surface area contributed by atoms with E-state index in [0.717, 1.165) is 13.1 Å². The van der Waals surface area contributed by atoms with Gasteiger partial charge in [0, 0.05) is 24.8 Å². The standard InChI is InChI=1S/C18H30N2/c1-14(2)12-19-13-17-11-15(3)8-9-18(17)20-10-6-5-7-16(20)4/h8-9,11,14,16,19H,5-7,10,12-13H2,1-4H3. The Balaban J connectivity index is 2.14. The third-order valence-electron chi connectivity index (χ3n) is 4.22. The van der Waals surface area contributed by atoms with Crippen LogP contribution < -0.4 is 10.2 Å². The number of hydrogen-bond donors (Lipinski definition) is 1. The van der Waals surface area contributed by atoms with Gasteiger partial charge in [0.1, 0.15) is 0 Å². The van der Waals surface area contributed by atoms with E-state index in [-0.39, 0.29) is 0 Å². The van der Waals surface area contributed by atoms with Gasteiger partial charge in [-0.3, -0.25) is 0 Å². The van der Waals surface area contributed by atoms with Crippen molar-refractivity contribution in [3.05, 3.63) is 29.3 Å². The molecule has 1 N–H and O–H groups in total. The quantitative estimate of drug-likeness (QED) is 0.869. The molecule has 0 amide bonds. The van der Waals surface area contributed by atoms with E-state index in [0.29, 0.717) is 12.0 Å². The molecular weight excluding hydrogens is 244 g/mol. The summed E-state index contributed by atoms with van der Waals surface area (Å²) >= 11 is 0. The maximum atomic E-state index is 3.60. The highest BCUT2D eigenvalue weighted by Gasteiger charge is 2.20. The second-order valence-corrected chi connectivity index (χ2v) is 6.70. The number of nitrogens with zero attached hydrogens (tertiary/aromatic N) is 1. The number of piperidine rings is 1. The van der Waals surface area contributed by atoms with Crippen LogP contribution in [0.4, 0.5) is 5.69 Å². The molecule has 0 bridgehead atoms. The molecule has 112 valence electrons. The van der Waals surface area contributed by atoms with Gasteiger partial charge in [0.05, 0.1) is 0 Å².